The highest BCUT2D eigenvalue weighted by Gasteiger charge is 2.15. The third kappa shape index (κ3) is 3.07. The van der Waals surface area contributed by atoms with E-state index in [2.05, 4.69) is 5.32 Å². The van der Waals surface area contributed by atoms with E-state index in [1.54, 1.807) is 6.07 Å². The van der Waals surface area contributed by atoms with Crippen molar-refractivity contribution in [1.29, 1.82) is 0 Å². The summed E-state index contributed by atoms with van der Waals surface area (Å²) in [6.45, 7) is 4.01. The van der Waals surface area contributed by atoms with Gasteiger partial charge in [-0.25, -0.2) is 4.39 Å². The molecule has 2 rings (SSSR count). The molecule has 19 heavy (non-hydrogen) atoms. The molecule has 0 aliphatic heterocycles. The van der Waals surface area contributed by atoms with Crippen molar-refractivity contribution in [2.75, 3.05) is 5.32 Å². The van der Waals surface area contributed by atoms with Gasteiger partial charge in [0.15, 0.2) is 0 Å². The van der Waals surface area contributed by atoms with Crippen molar-refractivity contribution in [3.8, 4) is 0 Å². The maximum atomic E-state index is 13.9. The SMILES string of the molecule is CCC(Nc1c(C)cccc1Cl)c1ccccc1F. The number of aryl methyl sites for hydroxylation is 1. The Balaban J connectivity index is 2.32. The van der Waals surface area contributed by atoms with Crippen LogP contribution in [0.1, 0.15) is 30.5 Å². The van der Waals surface area contributed by atoms with Crippen LogP contribution in [0.2, 0.25) is 5.02 Å². The fraction of sp³-hybridized carbons (Fsp3) is 0.250. The monoisotopic (exact) mass is 277 g/mol. The number of nitrogens with one attached hydrogen (secondary N) is 1. The molecule has 1 N–H and O–H groups in total. The maximum absolute atomic E-state index is 13.9. The largest absolute Gasteiger partial charge is 0.377 e. The normalized spacial score (nSPS) is 12.2. The first-order valence-corrected chi connectivity index (χ1v) is 6.77. The highest BCUT2D eigenvalue weighted by Crippen LogP contribution is 2.31. The first-order valence-electron chi connectivity index (χ1n) is 6.39. The molecule has 0 saturated carbocycles. The number of rotatable bonds is 4. The van der Waals surface area contributed by atoms with Gasteiger partial charge in [0.25, 0.3) is 0 Å². The second-order valence-electron chi connectivity index (χ2n) is 4.56. The van der Waals surface area contributed by atoms with Crippen LogP contribution in [-0.4, -0.2) is 0 Å². The lowest BCUT2D eigenvalue weighted by Crippen LogP contribution is -2.12. The Morgan fingerprint density at radius 1 is 1.16 bits per heavy atom. The molecule has 0 aliphatic rings. The van der Waals surface area contributed by atoms with Crippen LogP contribution >= 0.6 is 11.6 Å². The van der Waals surface area contributed by atoms with Crippen molar-refractivity contribution in [2.24, 2.45) is 0 Å². The van der Waals surface area contributed by atoms with Crippen molar-refractivity contribution < 1.29 is 4.39 Å². The van der Waals surface area contributed by atoms with Crippen molar-refractivity contribution >= 4 is 17.3 Å². The number of anilines is 1. The number of hydrogen-bond donors (Lipinski definition) is 1. The van der Waals surface area contributed by atoms with Crippen LogP contribution in [0.15, 0.2) is 42.5 Å². The standard InChI is InChI=1S/C16H17ClFN/c1-3-15(12-8-4-5-10-14(12)18)19-16-11(2)7-6-9-13(16)17/h4-10,15,19H,3H2,1-2H3. The Morgan fingerprint density at radius 2 is 1.89 bits per heavy atom. The Kier molecular flexibility index (Phi) is 4.43. The Hall–Kier alpha value is -1.54. The molecule has 0 heterocycles. The zero-order valence-electron chi connectivity index (χ0n) is 11.1. The van der Waals surface area contributed by atoms with Gasteiger partial charge in [-0.2, -0.15) is 0 Å². The van der Waals surface area contributed by atoms with Crippen LogP contribution in [0.3, 0.4) is 0 Å². The lowest BCUT2D eigenvalue weighted by Gasteiger charge is -2.21. The average Bonchev–Trinajstić information content (AvgIpc) is 2.40. The highest BCUT2D eigenvalue weighted by atomic mass is 35.5. The summed E-state index contributed by atoms with van der Waals surface area (Å²) in [5, 5.41) is 4.01. The van der Waals surface area contributed by atoms with Gasteiger partial charge in [0.1, 0.15) is 5.82 Å². The molecule has 0 fully saturated rings. The van der Waals surface area contributed by atoms with Crippen LogP contribution in [0.4, 0.5) is 10.1 Å². The zero-order chi connectivity index (χ0) is 13.8. The van der Waals surface area contributed by atoms with Gasteiger partial charge in [0, 0.05) is 5.56 Å². The average molecular weight is 278 g/mol. The van der Waals surface area contributed by atoms with Gasteiger partial charge in [-0.15, -0.1) is 0 Å². The predicted molar refractivity (Wildman–Crippen MR) is 79.2 cm³/mol. The molecule has 0 spiro atoms. The van der Waals surface area contributed by atoms with E-state index >= 15 is 0 Å². The Bertz CT molecular complexity index is 548. The highest BCUT2D eigenvalue weighted by molar-refractivity contribution is 6.33. The summed E-state index contributed by atoms with van der Waals surface area (Å²) < 4.78 is 13.9. The van der Waals surface area contributed by atoms with Gasteiger partial charge in [0.2, 0.25) is 0 Å². The van der Waals surface area contributed by atoms with Crippen LogP contribution in [0.5, 0.6) is 0 Å². The molecule has 0 aliphatic carbocycles. The summed E-state index contributed by atoms with van der Waals surface area (Å²) in [4.78, 5) is 0. The summed E-state index contributed by atoms with van der Waals surface area (Å²) in [6.07, 6.45) is 0.783. The van der Waals surface area contributed by atoms with Crippen LogP contribution < -0.4 is 5.32 Å². The molecule has 2 aromatic carbocycles. The molecule has 2 aromatic rings. The summed E-state index contributed by atoms with van der Waals surface area (Å²) >= 11 is 6.20. The summed E-state index contributed by atoms with van der Waals surface area (Å²) in [7, 11) is 0. The van der Waals surface area contributed by atoms with Gasteiger partial charge in [-0.3, -0.25) is 0 Å². The smallest absolute Gasteiger partial charge is 0.128 e. The van der Waals surface area contributed by atoms with Crippen molar-refractivity contribution in [3.63, 3.8) is 0 Å². The van der Waals surface area contributed by atoms with Gasteiger partial charge in [-0.05, 0) is 31.0 Å². The fourth-order valence-corrected chi connectivity index (χ4v) is 2.42. The second kappa shape index (κ2) is 6.07. The number of benzene rings is 2. The van der Waals surface area contributed by atoms with Crippen LogP contribution in [-0.2, 0) is 0 Å². The minimum atomic E-state index is -0.188. The maximum Gasteiger partial charge on any atom is 0.128 e. The predicted octanol–water partition coefficient (Wildman–Crippen LogP) is 5.35. The second-order valence-corrected chi connectivity index (χ2v) is 4.97. The number of hydrogen-bond acceptors (Lipinski definition) is 1. The molecule has 1 atom stereocenters. The summed E-state index contributed by atoms with van der Waals surface area (Å²) in [6, 6.07) is 12.5. The molecular weight excluding hydrogens is 261 g/mol. The molecule has 0 bridgehead atoms. The number of para-hydroxylation sites is 1. The zero-order valence-corrected chi connectivity index (χ0v) is 11.8. The van der Waals surface area contributed by atoms with E-state index in [0.717, 1.165) is 17.7 Å². The molecule has 0 amide bonds. The van der Waals surface area contributed by atoms with Gasteiger partial charge >= 0.3 is 0 Å². The van der Waals surface area contributed by atoms with E-state index in [4.69, 9.17) is 11.6 Å². The third-order valence-corrected chi connectivity index (χ3v) is 3.54. The molecular formula is C16H17ClFN. The van der Waals surface area contributed by atoms with Crippen molar-refractivity contribution in [1.82, 2.24) is 0 Å². The van der Waals surface area contributed by atoms with Crippen molar-refractivity contribution in [2.45, 2.75) is 26.3 Å². The number of halogens is 2. The molecule has 0 radical (unpaired) electrons. The molecule has 1 nitrogen and oxygen atoms in total. The van der Waals surface area contributed by atoms with Gasteiger partial charge < -0.3 is 5.32 Å². The van der Waals surface area contributed by atoms with Gasteiger partial charge in [-0.1, -0.05) is 48.9 Å². The fourth-order valence-electron chi connectivity index (χ4n) is 2.15. The Labute approximate surface area is 118 Å². The van der Waals surface area contributed by atoms with E-state index in [9.17, 15) is 4.39 Å². The first kappa shape index (κ1) is 13.9. The Morgan fingerprint density at radius 3 is 2.53 bits per heavy atom. The van der Waals surface area contributed by atoms with E-state index < -0.39 is 0 Å². The van der Waals surface area contributed by atoms with E-state index in [1.807, 2.05) is 44.2 Å². The van der Waals surface area contributed by atoms with Crippen LogP contribution in [0, 0.1) is 12.7 Å². The molecule has 1 unspecified atom stereocenters. The topological polar surface area (TPSA) is 12.0 Å². The van der Waals surface area contributed by atoms with E-state index in [-0.39, 0.29) is 11.9 Å². The quantitative estimate of drug-likeness (QED) is 0.794. The lowest BCUT2D eigenvalue weighted by atomic mass is 10.0. The molecule has 100 valence electrons. The van der Waals surface area contributed by atoms with Gasteiger partial charge in [0.05, 0.1) is 16.8 Å². The summed E-state index contributed by atoms with van der Waals surface area (Å²) in [5.41, 5.74) is 2.60. The van der Waals surface area contributed by atoms with E-state index in [1.165, 1.54) is 6.07 Å². The lowest BCUT2D eigenvalue weighted by molar-refractivity contribution is 0.587. The molecule has 3 heteroatoms. The first-order chi connectivity index (χ1) is 9.13. The minimum absolute atomic E-state index is 0.0835. The minimum Gasteiger partial charge on any atom is -0.377 e. The molecule has 0 saturated heterocycles. The van der Waals surface area contributed by atoms with E-state index in [0.29, 0.717) is 10.6 Å². The van der Waals surface area contributed by atoms with Crippen molar-refractivity contribution in [3.05, 3.63) is 64.4 Å². The van der Waals surface area contributed by atoms with Crippen LogP contribution in [0.25, 0.3) is 0 Å². The third-order valence-electron chi connectivity index (χ3n) is 3.23. The summed E-state index contributed by atoms with van der Waals surface area (Å²) in [5.74, 6) is -0.188. The molecule has 0 aromatic heterocycles.